The van der Waals surface area contributed by atoms with Crippen LogP contribution >= 0.6 is 0 Å². The van der Waals surface area contributed by atoms with Gasteiger partial charge in [0.25, 0.3) is 0 Å². The molecule has 2 fully saturated rings. The molecule has 1 saturated carbocycles. The van der Waals surface area contributed by atoms with Crippen molar-refractivity contribution < 1.29 is 5.11 Å². The van der Waals surface area contributed by atoms with Crippen LogP contribution in [-0.2, 0) is 0 Å². The summed E-state index contributed by atoms with van der Waals surface area (Å²) >= 11 is 0. The summed E-state index contributed by atoms with van der Waals surface area (Å²) in [6.45, 7) is 3.76. The monoisotopic (exact) mass is 184 g/mol. The van der Waals surface area contributed by atoms with Crippen molar-refractivity contribution in [3.8, 4) is 0 Å². The van der Waals surface area contributed by atoms with Gasteiger partial charge in [-0.25, -0.2) is 0 Å². The molecular formula is C10H20N2O. The summed E-state index contributed by atoms with van der Waals surface area (Å²) in [5, 5.41) is 12.4. The van der Waals surface area contributed by atoms with Crippen molar-refractivity contribution in [1.29, 1.82) is 0 Å². The molecule has 2 N–H and O–H groups in total. The van der Waals surface area contributed by atoms with Crippen LogP contribution in [0.4, 0.5) is 0 Å². The highest BCUT2D eigenvalue weighted by Crippen LogP contribution is 2.29. The largest absolute Gasteiger partial charge is 0.396 e. The quantitative estimate of drug-likeness (QED) is 0.657. The van der Waals surface area contributed by atoms with Crippen LogP contribution in [0.2, 0.25) is 0 Å². The first-order valence-corrected chi connectivity index (χ1v) is 5.49. The molecular weight excluding hydrogens is 164 g/mol. The van der Waals surface area contributed by atoms with Crippen LogP contribution in [0.5, 0.6) is 0 Å². The van der Waals surface area contributed by atoms with E-state index in [1.165, 1.54) is 25.8 Å². The van der Waals surface area contributed by atoms with Gasteiger partial charge in [-0.15, -0.1) is 0 Å². The van der Waals surface area contributed by atoms with E-state index in [0.29, 0.717) is 12.6 Å². The Morgan fingerprint density at radius 1 is 1.38 bits per heavy atom. The van der Waals surface area contributed by atoms with E-state index in [9.17, 15) is 0 Å². The van der Waals surface area contributed by atoms with Gasteiger partial charge < -0.3 is 10.4 Å². The molecule has 0 radical (unpaired) electrons. The maximum Gasteiger partial charge on any atom is 0.0446 e. The molecule has 1 heterocycles. The van der Waals surface area contributed by atoms with Gasteiger partial charge in [-0.05, 0) is 38.8 Å². The second kappa shape index (κ2) is 4.40. The van der Waals surface area contributed by atoms with Gasteiger partial charge in [0.05, 0.1) is 0 Å². The number of nitrogens with zero attached hydrogens (tertiary/aromatic N) is 1. The summed E-state index contributed by atoms with van der Waals surface area (Å²) in [5.74, 6) is 0. The predicted octanol–water partition coefficient (Wildman–Crippen LogP) is 0.195. The Balaban J connectivity index is 1.91. The highest BCUT2D eigenvalue weighted by atomic mass is 16.3. The molecule has 1 atom stereocenters. The van der Waals surface area contributed by atoms with Crippen LogP contribution < -0.4 is 5.32 Å². The van der Waals surface area contributed by atoms with Gasteiger partial charge >= 0.3 is 0 Å². The van der Waals surface area contributed by atoms with E-state index in [-0.39, 0.29) is 0 Å². The summed E-state index contributed by atoms with van der Waals surface area (Å²) in [6, 6.07) is 1.43. The van der Waals surface area contributed by atoms with Gasteiger partial charge in [0.1, 0.15) is 0 Å². The molecule has 0 aromatic heterocycles. The fraction of sp³-hybridized carbons (Fsp3) is 1.00. The van der Waals surface area contributed by atoms with Crippen molar-refractivity contribution in [1.82, 2.24) is 10.2 Å². The van der Waals surface area contributed by atoms with Crippen molar-refractivity contribution in [2.24, 2.45) is 0 Å². The maximum absolute atomic E-state index is 8.98. The van der Waals surface area contributed by atoms with E-state index in [1.54, 1.807) is 0 Å². The minimum atomic E-state index is 0.329. The second-order valence-electron chi connectivity index (χ2n) is 4.19. The van der Waals surface area contributed by atoms with E-state index < -0.39 is 0 Å². The second-order valence-corrected chi connectivity index (χ2v) is 4.19. The molecule has 13 heavy (non-hydrogen) atoms. The normalized spacial score (nSPS) is 31.6. The molecule has 0 amide bonds. The Kier molecular flexibility index (Phi) is 3.19. The van der Waals surface area contributed by atoms with E-state index in [4.69, 9.17) is 5.11 Å². The molecule has 76 valence electrons. The van der Waals surface area contributed by atoms with Gasteiger partial charge in [-0.2, -0.15) is 0 Å². The van der Waals surface area contributed by atoms with Crippen molar-refractivity contribution in [2.45, 2.75) is 37.8 Å². The predicted molar refractivity (Wildman–Crippen MR) is 52.7 cm³/mol. The summed E-state index contributed by atoms with van der Waals surface area (Å²) in [5.41, 5.74) is 0. The lowest BCUT2D eigenvalue weighted by Gasteiger charge is -2.29. The average Bonchev–Trinajstić information content (AvgIpc) is 2.88. The van der Waals surface area contributed by atoms with Gasteiger partial charge in [0.15, 0.2) is 0 Å². The Morgan fingerprint density at radius 3 is 2.92 bits per heavy atom. The van der Waals surface area contributed by atoms with Crippen molar-refractivity contribution in [2.75, 3.05) is 26.2 Å². The van der Waals surface area contributed by atoms with Crippen molar-refractivity contribution in [3.05, 3.63) is 0 Å². The fourth-order valence-electron chi connectivity index (χ4n) is 2.26. The van der Waals surface area contributed by atoms with E-state index >= 15 is 0 Å². The molecule has 2 rings (SSSR count). The van der Waals surface area contributed by atoms with Gasteiger partial charge in [-0.1, -0.05) is 0 Å². The van der Waals surface area contributed by atoms with Gasteiger partial charge in [0, 0.05) is 25.2 Å². The third kappa shape index (κ3) is 2.42. The molecule has 1 aliphatic heterocycles. The molecule has 1 unspecified atom stereocenters. The highest BCUT2D eigenvalue weighted by molar-refractivity contribution is 4.90. The van der Waals surface area contributed by atoms with Crippen molar-refractivity contribution >= 4 is 0 Å². The SMILES string of the molecule is OCCC1CNCCCN1C1CC1. The third-order valence-electron chi connectivity index (χ3n) is 3.10. The maximum atomic E-state index is 8.98. The lowest BCUT2D eigenvalue weighted by molar-refractivity contribution is 0.158. The van der Waals surface area contributed by atoms with Crippen molar-refractivity contribution in [3.63, 3.8) is 0 Å². The molecule has 2 aliphatic rings. The Hall–Kier alpha value is -0.120. The van der Waals surface area contributed by atoms with E-state index in [2.05, 4.69) is 10.2 Å². The number of aliphatic hydroxyl groups is 1. The standard InChI is InChI=1S/C10H20N2O/c13-7-4-10-8-11-5-1-6-12(10)9-2-3-9/h9-11,13H,1-8H2. The van der Waals surface area contributed by atoms with Crippen LogP contribution in [0.1, 0.15) is 25.7 Å². The summed E-state index contributed by atoms with van der Waals surface area (Å²) in [6.07, 6.45) is 4.95. The zero-order valence-electron chi connectivity index (χ0n) is 8.21. The molecule has 0 bridgehead atoms. The number of hydrogen-bond donors (Lipinski definition) is 2. The van der Waals surface area contributed by atoms with Crippen LogP contribution in [-0.4, -0.2) is 48.3 Å². The van der Waals surface area contributed by atoms with E-state index in [0.717, 1.165) is 25.6 Å². The van der Waals surface area contributed by atoms with Crippen LogP contribution in [0.25, 0.3) is 0 Å². The molecule has 3 heteroatoms. The fourth-order valence-corrected chi connectivity index (χ4v) is 2.26. The van der Waals surface area contributed by atoms with Gasteiger partial charge in [-0.3, -0.25) is 4.90 Å². The number of hydrogen-bond acceptors (Lipinski definition) is 3. The smallest absolute Gasteiger partial charge is 0.0446 e. The highest BCUT2D eigenvalue weighted by Gasteiger charge is 2.33. The van der Waals surface area contributed by atoms with Crippen LogP contribution in [0.15, 0.2) is 0 Å². The minimum Gasteiger partial charge on any atom is -0.396 e. The Labute approximate surface area is 80.1 Å². The molecule has 0 spiro atoms. The van der Waals surface area contributed by atoms with Crippen LogP contribution in [0.3, 0.4) is 0 Å². The first-order chi connectivity index (χ1) is 6.42. The molecule has 1 aliphatic carbocycles. The summed E-state index contributed by atoms with van der Waals surface area (Å²) in [4.78, 5) is 2.61. The molecule has 0 aromatic carbocycles. The minimum absolute atomic E-state index is 0.329. The third-order valence-corrected chi connectivity index (χ3v) is 3.10. The summed E-state index contributed by atoms with van der Waals surface area (Å²) in [7, 11) is 0. The number of nitrogens with one attached hydrogen (secondary N) is 1. The molecule has 1 saturated heterocycles. The average molecular weight is 184 g/mol. The Bertz CT molecular complexity index is 159. The summed E-state index contributed by atoms with van der Waals surface area (Å²) < 4.78 is 0. The zero-order valence-corrected chi connectivity index (χ0v) is 8.21. The molecule has 0 aromatic rings. The first-order valence-electron chi connectivity index (χ1n) is 5.49. The van der Waals surface area contributed by atoms with Gasteiger partial charge in [0.2, 0.25) is 0 Å². The Morgan fingerprint density at radius 2 is 2.23 bits per heavy atom. The zero-order chi connectivity index (χ0) is 9.10. The topological polar surface area (TPSA) is 35.5 Å². The lowest BCUT2D eigenvalue weighted by Crippen LogP contribution is -2.41. The number of aliphatic hydroxyl groups excluding tert-OH is 1. The van der Waals surface area contributed by atoms with E-state index in [1.807, 2.05) is 0 Å². The molecule has 3 nitrogen and oxygen atoms in total. The van der Waals surface area contributed by atoms with Crippen LogP contribution in [0, 0.1) is 0 Å². The number of rotatable bonds is 3. The lowest BCUT2D eigenvalue weighted by atomic mass is 10.2. The first kappa shape index (κ1) is 9.44.